The summed E-state index contributed by atoms with van der Waals surface area (Å²) in [6.07, 6.45) is 0. The standard InChI is InChI=1S/C57H40/c1-57(2)53-32-30-42(36-52(53)51-31-29-41-19-9-10-20-46(41)56(51)57)54-47-21-11-13-23-49(47)55(50-24-14-12-22-48(50)54)45-34-43(38-17-7-4-8-18-38)33-44(35-45)40-27-25-39(26-28-40)37-15-5-3-6-16-37/h3-36H,1-2H3. The second kappa shape index (κ2) is 13.0. The topological polar surface area (TPSA) is 0 Å². The molecule has 0 radical (unpaired) electrons. The maximum atomic E-state index is 2.47. The number of hydrogen-bond acceptors (Lipinski definition) is 0. The molecule has 0 bridgehead atoms. The molecule has 0 saturated carbocycles. The summed E-state index contributed by atoms with van der Waals surface area (Å²) in [5.41, 5.74) is 17.7. The van der Waals surface area contributed by atoms with Crippen LogP contribution in [0.4, 0.5) is 0 Å². The average molecular weight is 725 g/mol. The highest BCUT2D eigenvalue weighted by Gasteiger charge is 2.37. The van der Waals surface area contributed by atoms with Crippen molar-refractivity contribution in [2.24, 2.45) is 0 Å². The summed E-state index contributed by atoms with van der Waals surface area (Å²) in [6, 6.07) is 76.4. The Morgan fingerprint density at radius 3 is 1.28 bits per heavy atom. The van der Waals surface area contributed by atoms with E-state index in [2.05, 4.69) is 220 Å². The quantitative estimate of drug-likeness (QED) is 0.155. The third kappa shape index (κ3) is 5.36. The lowest BCUT2D eigenvalue weighted by Crippen LogP contribution is -2.15. The van der Waals surface area contributed by atoms with Gasteiger partial charge in [0.2, 0.25) is 0 Å². The van der Waals surface area contributed by atoms with E-state index in [0.717, 1.165) is 0 Å². The molecule has 10 aromatic rings. The molecule has 0 heterocycles. The monoisotopic (exact) mass is 724 g/mol. The summed E-state index contributed by atoms with van der Waals surface area (Å²) in [4.78, 5) is 0. The fraction of sp³-hybridized carbons (Fsp3) is 0.0526. The zero-order valence-electron chi connectivity index (χ0n) is 32.1. The van der Waals surface area contributed by atoms with Gasteiger partial charge in [-0.15, -0.1) is 0 Å². The van der Waals surface area contributed by atoms with Crippen molar-refractivity contribution >= 4 is 32.3 Å². The molecule has 0 fully saturated rings. The van der Waals surface area contributed by atoms with Crippen molar-refractivity contribution in [2.75, 3.05) is 0 Å². The van der Waals surface area contributed by atoms with Gasteiger partial charge in [-0.2, -0.15) is 0 Å². The van der Waals surface area contributed by atoms with Crippen LogP contribution >= 0.6 is 0 Å². The molecule has 0 N–H and O–H groups in total. The second-order valence-corrected chi connectivity index (χ2v) is 16.0. The van der Waals surface area contributed by atoms with E-state index in [9.17, 15) is 0 Å². The minimum Gasteiger partial charge on any atom is -0.0622 e. The molecule has 0 aliphatic heterocycles. The lowest BCUT2D eigenvalue weighted by atomic mass is 9.79. The fourth-order valence-corrected chi connectivity index (χ4v) is 9.74. The Morgan fingerprint density at radius 1 is 0.281 bits per heavy atom. The van der Waals surface area contributed by atoms with Crippen LogP contribution in [-0.2, 0) is 5.41 Å². The molecule has 0 saturated heterocycles. The van der Waals surface area contributed by atoms with Crippen molar-refractivity contribution in [3.05, 3.63) is 217 Å². The van der Waals surface area contributed by atoms with Gasteiger partial charge in [-0.25, -0.2) is 0 Å². The van der Waals surface area contributed by atoms with E-state index in [-0.39, 0.29) is 5.41 Å². The van der Waals surface area contributed by atoms with Crippen LogP contribution in [0, 0.1) is 0 Å². The molecule has 268 valence electrons. The van der Waals surface area contributed by atoms with Crippen LogP contribution in [-0.4, -0.2) is 0 Å². The van der Waals surface area contributed by atoms with E-state index in [0.29, 0.717) is 0 Å². The summed E-state index contributed by atoms with van der Waals surface area (Å²) in [6.45, 7) is 4.78. The molecule has 1 aliphatic carbocycles. The first-order valence-electron chi connectivity index (χ1n) is 20.0. The summed E-state index contributed by atoms with van der Waals surface area (Å²) in [7, 11) is 0. The Hall–Kier alpha value is -7.02. The molecule has 0 unspecified atom stereocenters. The minimum absolute atomic E-state index is 0.0958. The predicted molar refractivity (Wildman–Crippen MR) is 244 cm³/mol. The molecule has 0 amide bonds. The lowest BCUT2D eigenvalue weighted by molar-refractivity contribution is 0.666. The number of hydrogen-bond donors (Lipinski definition) is 0. The van der Waals surface area contributed by atoms with Crippen molar-refractivity contribution < 1.29 is 0 Å². The van der Waals surface area contributed by atoms with Crippen LogP contribution in [0.25, 0.3) is 99.1 Å². The van der Waals surface area contributed by atoms with Gasteiger partial charge >= 0.3 is 0 Å². The molecule has 1 aliphatic rings. The number of rotatable bonds is 5. The van der Waals surface area contributed by atoms with Gasteiger partial charge in [0.05, 0.1) is 0 Å². The predicted octanol–water partition coefficient (Wildman–Crippen LogP) is 15.8. The average Bonchev–Trinajstić information content (AvgIpc) is 3.51. The zero-order valence-corrected chi connectivity index (χ0v) is 32.1. The Labute approximate surface area is 334 Å². The fourth-order valence-electron chi connectivity index (χ4n) is 9.74. The largest absolute Gasteiger partial charge is 0.0622 e. The van der Waals surface area contributed by atoms with Crippen molar-refractivity contribution in [2.45, 2.75) is 19.3 Å². The van der Waals surface area contributed by atoms with Crippen LogP contribution in [0.1, 0.15) is 25.0 Å². The Morgan fingerprint density at radius 2 is 0.702 bits per heavy atom. The first-order chi connectivity index (χ1) is 28.0. The molecular formula is C57H40. The third-order valence-corrected chi connectivity index (χ3v) is 12.4. The van der Waals surface area contributed by atoms with E-state index in [1.165, 1.54) is 110 Å². The molecule has 0 aromatic heterocycles. The maximum absolute atomic E-state index is 2.47. The molecular weight excluding hydrogens is 685 g/mol. The van der Waals surface area contributed by atoms with Gasteiger partial charge in [0.1, 0.15) is 0 Å². The molecule has 0 nitrogen and oxygen atoms in total. The van der Waals surface area contributed by atoms with E-state index in [1.54, 1.807) is 0 Å². The van der Waals surface area contributed by atoms with Gasteiger partial charge < -0.3 is 0 Å². The smallest absolute Gasteiger partial charge is 0.0165 e. The van der Waals surface area contributed by atoms with Gasteiger partial charge in [0.15, 0.2) is 0 Å². The van der Waals surface area contributed by atoms with Gasteiger partial charge in [-0.1, -0.05) is 196 Å². The van der Waals surface area contributed by atoms with Crippen LogP contribution in [0.2, 0.25) is 0 Å². The molecule has 11 rings (SSSR count). The minimum atomic E-state index is -0.0958. The molecule has 10 aromatic carbocycles. The highest BCUT2D eigenvalue weighted by Crippen LogP contribution is 2.53. The van der Waals surface area contributed by atoms with E-state index in [4.69, 9.17) is 0 Å². The molecule has 0 atom stereocenters. The highest BCUT2D eigenvalue weighted by atomic mass is 14.4. The van der Waals surface area contributed by atoms with Crippen molar-refractivity contribution in [1.29, 1.82) is 0 Å². The summed E-state index contributed by atoms with van der Waals surface area (Å²) < 4.78 is 0. The third-order valence-electron chi connectivity index (χ3n) is 12.4. The van der Waals surface area contributed by atoms with Gasteiger partial charge in [0.25, 0.3) is 0 Å². The molecule has 57 heavy (non-hydrogen) atoms. The first kappa shape index (κ1) is 33.3. The Bertz CT molecular complexity index is 3110. The molecule has 0 heteroatoms. The van der Waals surface area contributed by atoms with E-state index >= 15 is 0 Å². The molecule has 0 spiro atoms. The first-order valence-corrected chi connectivity index (χ1v) is 20.0. The van der Waals surface area contributed by atoms with E-state index < -0.39 is 0 Å². The van der Waals surface area contributed by atoms with Crippen molar-refractivity contribution in [3.8, 4) is 66.8 Å². The van der Waals surface area contributed by atoms with Gasteiger partial charge in [-0.05, 0) is 134 Å². The number of benzene rings is 10. The van der Waals surface area contributed by atoms with Crippen molar-refractivity contribution in [1.82, 2.24) is 0 Å². The zero-order chi connectivity index (χ0) is 38.1. The van der Waals surface area contributed by atoms with Gasteiger partial charge in [0, 0.05) is 5.41 Å². The van der Waals surface area contributed by atoms with E-state index in [1.807, 2.05) is 0 Å². The van der Waals surface area contributed by atoms with Crippen molar-refractivity contribution in [3.63, 3.8) is 0 Å². The van der Waals surface area contributed by atoms with Crippen LogP contribution in [0.3, 0.4) is 0 Å². The highest BCUT2D eigenvalue weighted by molar-refractivity contribution is 6.22. The SMILES string of the molecule is CC1(C)c2ccc(-c3c4ccccc4c(-c4cc(-c5ccccc5)cc(-c5ccc(-c6ccccc6)cc5)c4)c4ccccc34)cc2-c2ccc3ccccc3c21. The summed E-state index contributed by atoms with van der Waals surface area (Å²) >= 11 is 0. The normalized spacial score (nSPS) is 12.9. The Kier molecular flexibility index (Phi) is 7.63. The summed E-state index contributed by atoms with van der Waals surface area (Å²) in [5, 5.41) is 7.70. The maximum Gasteiger partial charge on any atom is 0.0165 e. The number of fused-ring (bicyclic) bond motifs is 7. The Balaban J connectivity index is 1.13. The van der Waals surface area contributed by atoms with Crippen LogP contribution in [0.15, 0.2) is 206 Å². The lowest BCUT2D eigenvalue weighted by Gasteiger charge is -2.23. The van der Waals surface area contributed by atoms with Crippen LogP contribution in [0.5, 0.6) is 0 Å². The van der Waals surface area contributed by atoms with Crippen LogP contribution < -0.4 is 0 Å². The van der Waals surface area contributed by atoms with Gasteiger partial charge in [-0.3, -0.25) is 0 Å². The summed E-state index contributed by atoms with van der Waals surface area (Å²) in [5.74, 6) is 0. The second-order valence-electron chi connectivity index (χ2n) is 16.0.